The Labute approximate surface area is 187 Å². The van der Waals surface area contributed by atoms with Crippen LogP contribution >= 0.6 is 0 Å². The first-order valence-electron chi connectivity index (χ1n) is 12.1. The third kappa shape index (κ3) is 2.11. The third-order valence-corrected chi connectivity index (χ3v) is 9.53. The number of nitrogens with one attached hydrogen (secondary N) is 1. The molecule has 2 N–H and O–H groups in total. The van der Waals surface area contributed by atoms with Crippen molar-refractivity contribution in [2.24, 2.45) is 23.7 Å². The minimum Gasteiger partial charge on any atom is -0.461 e. The lowest BCUT2D eigenvalue weighted by Gasteiger charge is -2.61. The Morgan fingerprint density at radius 1 is 1.16 bits per heavy atom. The van der Waals surface area contributed by atoms with E-state index in [1.54, 1.807) is 0 Å². The van der Waals surface area contributed by atoms with Gasteiger partial charge in [0.25, 0.3) is 0 Å². The first-order chi connectivity index (χ1) is 15.2. The molecule has 6 fully saturated rings. The van der Waals surface area contributed by atoms with Crippen LogP contribution < -0.4 is 5.32 Å². The molecule has 0 aromatic carbocycles. The first kappa shape index (κ1) is 20.7. The standard InChI is InChI=1S/C23H32N2O7/c1-4-13-17-16(12(3)19(27)31-17)21(29)10-14(15-9-11(2)18(26)30-15)25-8-6-5-7-22(13)23(21,25)24-20(28)32-22/h11-17,29H,4-10H2,1-3H3,(H,24,28)/t11-,12-,13-,14-,15-,16-,17-,21-,22+,23+/m1/s1. The van der Waals surface area contributed by atoms with Crippen molar-refractivity contribution in [1.82, 2.24) is 10.2 Å². The first-order valence-corrected chi connectivity index (χ1v) is 12.1. The van der Waals surface area contributed by atoms with Crippen molar-refractivity contribution in [2.75, 3.05) is 6.54 Å². The number of amides is 1. The quantitative estimate of drug-likeness (QED) is 0.480. The average molecular weight is 449 g/mol. The van der Waals surface area contributed by atoms with E-state index in [4.69, 9.17) is 14.2 Å². The van der Waals surface area contributed by atoms with Crippen LogP contribution in [0.4, 0.5) is 4.79 Å². The summed E-state index contributed by atoms with van der Waals surface area (Å²) in [6, 6.07) is -0.271. The number of fused-ring (bicyclic) bond motifs is 2. The summed E-state index contributed by atoms with van der Waals surface area (Å²) in [5.41, 5.74) is -3.65. The van der Waals surface area contributed by atoms with Gasteiger partial charge in [-0.05, 0) is 38.5 Å². The predicted molar refractivity (Wildman–Crippen MR) is 109 cm³/mol. The van der Waals surface area contributed by atoms with Crippen LogP contribution in [0.5, 0.6) is 0 Å². The van der Waals surface area contributed by atoms with Crippen LogP contribution in [0, 0.1) is 23.7 Å². The van der Waals surface area contributed by atoms with Crippen LogP contribution in [0.3, 0.4) is 0 Å². The van der Waals surface area contributed by atoms with Crippen LogP contribution in [0.1, 0.15) is 59.3 Å². The molecule has 1 saturated carbocycles. The summed E-state index contributed by atoms with van der Waals surface area (Å²) in [5, 5.41) is 15.7. The second-order valence-electron chi connectivity index (χ2n) is 10.8. The monoisotopic (exact) mass is 448 g/mol. The Bertz CT molecular complexity index is 896. The SMILES string of the molecule is CC[C@@H]1[C@H]2OC(=O)[C@H](C)[C@H]2[C@]2(O)C[C@H]([C@H]3C[C@@H](C)C(=O)O3)N3CCCC[C@]14OC(=O)N[C@]324. The molecule has 0 aromatic rings. The van der Waals surface area contributed by atoms with Gasteiger partial charge in [0.05, 0.1) is 17.9 Å². The zero-order valence-electron chi connectivity index (χ0n) is 18.8. The number of hydrogen-bond acceptors (Lipinski definition) is 8. The van der Waals surface area contributed by atoms with Gasteiger partial charge < -0.3 is 19.3 Å². The second kappa shape index (κ2) is 6.38. The van der Waals surface area contributed by atoms with E-state index in [9.17, 15) is 19.5 Å². The summed E-state index contributed by atoms with van der Waals surface area (Å²) in [6.45, 7) is 6.35. The maximum atomic E-state index is 12.9. The van der Waals surface area contributed by atoms with E-state index >= 15 is 0 Å². The third-order valence-electron chi connectivity index (χ3n) is 9.53. The number of cyclic esters (lactones) is 1. The van der Waals surface area contributed by atoms with Crippen LogP contribution in [0.25, 0.3) is 0 Å². The van der Waals surface area contributed by atoms with Gasteiger partial charge in [0, 0.05) is 18.4 Å². The highest BCUT2D eigenvalue weighted by Crippen LogP contribution is 2.67. The lowest BCUT2D eigenvalue weighted by Crippen LogP contribution is -2.82. The maximum absolute atomic E-state index is 12.9. The van der Waals surface area contributed by atoms with Crippen molar-refractivity contribution >= 4 is 18.0 Å². The lowest BCUT2D eigenvalue weighted by molar-refractivity contribution is -0.255. The summed E-state index contributed by atoms with van der Waals surface area (Å²) in [5.74, 6) is -1.94. The highest BCUT2D eigenvalue weighted by Gasteiger charge is 2.86. The van der Waals surface area contributed by atoms with E-state index in [1.165, 1.54) is 0 Å². The summed E-state index contributed by atoms with van der Waals surface area (Å²) < 4.78 is 17.8. The molecule has 0 aromatic heterocycles. The van der Waals surface area contributed by atoms with Gasteiger partial charge >= 0.3 is 18.0 Å². The van der Waals surface area contributed by atoms with Crippen molar-refractivity contribution in [3.05, 3.63) is 0 Å². The molecular weight excluding hydrogens is 416 g/mol. The highest BCUT2D eigenvalue weighted by atomic mass is 16.6. The fraction of sp³-hybridized carbons (Fsp3) is 0.870. The van der Waals surface area contributed by atoms with Gasteiger partial charge in [-0.1, -0.05) is 20.8 Å². The number of hydrogen-bond donors (Lipinski definition) is 2. The summed E-state index contributed by atoms with van der Waals surface area (Å²) in [4.78, 5) is 40.1. The van der Waals surface area contributed by atoms with E-state index in [1.807, 2.05) is 20.8 Å². The minimum absolute atomic E-state index is 0.202. The number of aliphatic hydroxyl groups is 1. The van der Waals surface area contributed by atoms with Gasteiger partial charge in [0.2, 0.25) is 0 Å². The molecule has 9 nitrogen and oxygen atoms in total. The Kier molecular flexibility index (Phi) is 4.13. The molecule has 6 aliphatic rings. The molecule has 5 aliphatic heterocycles. The summed E-state index contributed by atoms with van der Waals surface area (Å²) in [6.07, 6.45) is 2.39. The van der Waals surface area contributed by atoms with Crippen molar-refractivity contribution in [3.63, 3.8) is 0 Å². The van der Waals surface area contributed by atoms with Crippen molar-refractivity contribution in [3.8, 4) is 0 Å². The molecule has 0 unspecified atom stereocenters. The highest BCUT2D eigenvalue weighted by molar-refractivity contribution is 5.78. The minimum atomic E-state index is -1.45. The Morgan fingerprint density at radius 2 is 1.94 bits per heavy atom. The van der Waals surface area contributed by atoms with E-state index in [0.717, 1.165) is 12.8 Å². The molecule has 1 spiro atoms. The van der Waals surface area contributed by atoms with Crippen molar-refractivity contribution < 1.29 is 33.7 Å². The smallest absolute Gasteiger partial charge is 0.409 e. The Balaban J connectivity index is 1.57. The van der Waals surface area contributed by atoms with Gasteiger partial charge in [-0.15, -0.1) is 0 Å². The number of esters is 2. The van der Waals surface area contributed by atoms with Gasteiger partial charge in [-0.25, -0.2) is 4.79 Å². The van der Waals surface area contributed by atoms with Crippen LogP contribution in [0.15, 0.2) is 0 Å². The molecule has 0 bridgehead atoms. The normalized spacial score (nSPS) is 54.1. The molecule has 176 valence electrons. The van der Waals surface area contributed by atoms with Crippen molar-refractivity contribution in [2.45, 2.75) is 94.4 Å². The summed E-state index contributed by atoms with van der Waals surface area (Å²) >= 11 is 0. The molecule has 9 heteroatoms. The zero-order chi connectivity index (χ0) is 22.6. The number of rotatable bonds is 2. The summed E-state index contributed by atoms with van der Waals surface area (Å²) in [7, 11) is 0. The molecule has 5 heterocycles. The fourth-order valence-corrected chi connectivity index (χ4v) is 8.44. The Morgan fingerprint density at radius 3 is 2.62 bits per heavy atom. The van der Waals surface area contributed by atoms with Crippen LogP contribution in [-0.4, -0.2) is 69.7 Å². The molecule has 10 atom stereocenters. The Hall–Kier alpha value is -1.87. The fourth-order valence-electron chi connectivity index (χ4n) is 8.44. The molecule has 0 radical (unpaired) electrons. The average Bonchev–Trinajstić information content (AvgIpc) is 3.37. The predicted octanol–water partition coefficient (Wildman–Crippen LogP) is 1.32. The number of carbonyl (C=O) groups excluding carboxylic acids is 3. The molecule has 32 heavy (non-hydrogen) atoms. The van der Waals surface area contributed by atoms with E-state index < -0.39 is 40.9 Å². The van der Waals surface area contributed by atoms with E-state index in [-0.39, 0.29) is 35.9 Å². The zero-order valence-corrected chi connectivity index (χ0v) is 18.8. The molecule has 5 saturated heterocycles. The van der Waals surface area contributed by atoms with Gasteiger partial charge in [-0.3, -0.25) is 19.8 Å². The number of alkyl carbamates (subject to hydrolysis) is 1. The van der Waals surface area contributed by atoms with E-state index in [2.05, 4.69) is 10.2 Å². The van der Waals surface area contributed by atoms with Crippen molar-refractivity contribution in [1.29, 1.82) is 0 Å². The topological polar surface area (TPSA) is 114 Å². The largest absolute Gasteiger partial charge is 0.461 e. The molecule has 1 amide bonds. The van der Waals surface area contributed by atoms with Crippen LogP contribution in [-0.2, 0) is 23.8 Å². The number of nitrogens with zero attached hydrogens (tertiary/aromatic N) is 1. The second-order valence-corrected chi connectivity index (χ2v) is 10.8. The van der Waals surface area contributed by atoms with Gasteiger partial charge in [0.15, 0.2) is 11.3 Å². The number of ether oxygens (including phenoxy) is 3. The molecule has 6 rings (SSSR count). The number of carbonyl (C=O) groups is 3. The maximum Gasteiger partial charge on any atom is 0.409 e. The van der Waals surface area contributed by atoms with Gasteiger partial charge in [-0.2, -0.15) is 0 Å². The van der Waals surface area contributed by atoms with Crippen LogP contribution in [0.2, 0.25) is 0 Å². The van der Waals surface area contributed by atoms with Gasteiger partial charge in [0.1, 0.15) is 17.8 Å². The lowest BCUT2D eigenvalue weighted by atomic mass is 9.52. The molecular formula is C23H32N2O7. The molecule has 1 aliphatic carbocycles. The van der Waals surface area contributed by atoms with E-state index in [0.29, 0.717) is 32.2 Å².